The van der Waals surface area contributed by atoms with Crippen LogP contribution in [0.1, 0.15) is 30.9 Å². The van der Waals surface area contributed by atoms with Gasteiger partial charge in [0, 0.05) is 37.6 Å². The lowest BCUT2D eigenvalue weighted by Crippen LogP contribution is -2.36. The van der Waals surface area contributed by atoms with Crippen molar-refractivity contribution in [2.24, 2.45) is 5.10 Å². The van der Waals surface area contributed by atoms with E-state index in [9.17, 15) is 5.11 Å². The zero-order valence-electron chi connectivity index (χ0n) is 19.4. The Labute approximate surface area is 198 Å². The number of rotatable bonds is 6. The molecule has 0 bridgehead atoms. The highest BCUT2D eigenvalue weighted by atomic mass is 16.3. The van der Waals surface area contributed by atoms with Gasteiger partial charge in [-0.1, -0.05) is 29.8 Å². The van der Waals surface area contributed by atoms with Crippen molar-refractivity contribution in [1.29, 1.82) is 0 Å². The van der Waals surface area contributed by atoms with Gasteiger partial charge in [0.2, 0.25) is 5.95 Å². The zero-order chi connectivity index (χ0) is 23.5. The Morgan fingerprint density at radius 3 is 2.65 bits per heavy atom. The highest BCUT2D eigenvalue weighted by Crippen LogP contribution is 2.31. The third kappa shape index (κ3) is 4.47. The number of anilines is 2. The number of aryl methyl sites for hydroxylation is 2. The van der Waals surface area contributed by atoms with Crippen molar-refractivity contribution in [3.05, 3.63) is 59.9 Å². The number of nitrogens with zero attached hydrogens (tertiary/aromatic N) is 7. The first-order chi connectivity index (χ1) is 16.6. The molecule has 34 heavy (non-hydrogen) atoms. The molecule has 1 fully saturated rings. The lowest BCUT2D eigenvalue weighted by molar-refractivity contribution is 0.145. The molecule has 5 rings (SSSR count). The van der Waals surface area contributed by atoms with E-state index in [1.807, 2.05) is 24.3 Å². The molecule has 0 amide bonds. The van der Waals surface area contributed by atoms with Gasteiger partial charge < -0.3 is 14.6 Å². The van der Waals surface area contributed by atoms with E-state index in [0.717, 1.165) is 33.9 Å². The van der Waals surface area contributed by atoms with E-state index >= 15 is 0 Å². The molecule has 1 saturated heterocycles. The minimum absolute atomic E-state index is 0.273. The second-order valence-corrected chi connectivity index (χ2v) is 8.46. The van der Waals surface area contributed by atoms with Crippen LogP contribution in [-0.2, 0) is 6.54 Å². The van der Waals surface area contributed by atoms with Gasteiger partial charge in [0.15, 0.2) is 17.0 Å². The summed E-state index contributed by atoms with van der Waals surface area (Å²) in [5.74, 6) is 1.99. The van der Waals surface area contributed by atoms with Crippen molar-refractivity contribution >= 4 is 29.1 Å². The summed E-state index contributed by atoms with van der Waals surface area (Å²) in [5.41, 5.74) is 7.65. The molecule has 0 saturated carbocycles. The fraction of sp³-hybridized carbons (Fsp3) is 0.320. The minimum atomic E-state index is -0.273. The maximum absolute atomic E-state index is 10.0. The second-order valence-electron chi connectivity index (χ2n) is 8.46. The number of hydrazone groups is 1. The van der Waals surface area contributed by atoms with Crippen LogP contribution in [-0.4, -0.2) is 55.0 Å². The monoisotopic (exact) mass is 456 g/mol. The van der Waals surface area contributed by atoms with E-state index in [2.05, 4.69) is 51.0 Å². The largest absolute Gasteiger partial charge is 0.393 e. The Morgan fingerprint density at radius 1 is 1.12 bits per heavy atom. The molecule has 2 N–H and O–H groups in total. The number of benzene rings is 1. The molecular weight excluding hydrogens is 428 g/mol. The normalized spacial score (nSPS) is 14.9. The number of aliphatic hydroxyl groups is 1. The number of aromatic nitrogens is 5. The van der Waals surface area contributed by atoms with E-state index < -0.39 is 0 Å². The zero-order valence-corrected chi connectivity index (χ0v) is 19.4. The molecule has 9 heteroatoms. The number of nitrogens with one attached hydrogen (secondary N) is 1. The van der Waals surface area contributed by atoms with Gasteiger partial charge in [0.05, 0.1) is 12.3 Å². The van der Waals surface area contributed by atoms with Crippen LogP contribution in [0.4, 0.5) is 11.8 Å². The van der Waals surface area contributed by atoms with Crippen LogP contribution in [0.5, 0.6) is 0 Å². The summed E-state index contributed by atoms with van der Waals surface area (Å²) >= 11 is 0. The molecule has 0 radical (unpaired) electrons. The fourth-order valence-electron chi connectivity index (χ4n) is 4.27. The molecule has 0 spiro atoms. The van der Waals surface area contributed by atoms with E-state index in [1.165, 1.54) is 5.56 Å². The van der Waals surface area contributed by atoms with Gasteiger partial charge in [-0.15, -0.1) is 0 Å². The fourth-order valence-corrected chi connectivity index (χ4v) is 4.27. The lowest BCUT2D eigenvalue weighted by atomic mass is 10.1. The van der Waals surface area contributed by atoms with Crippen molar-refractivity contribution in [2.45, 2.75) is 39.3 Å². The summed E-state index contributed by atoms with van der Waals surface area (Å²) in [5, 5.41) is 14.4. The van der Waals surface area contributed by atoms with Crippen molar-refractivity contribution < 1.29 is 5.11 Å². The van der Waals surface area contributed by atoms with Crippen LogP contribution in [0, 0.1) is 6.92 Å². The number of hydrogen-bond donors (Lipinski definition) is 2. The predicted molar refractivity (Wildman–Crippen MR) is 134 cm³/mol. The third-order valence-corrected chi connectivity index (χ3v) is 6.02. The smallest absolute Gasteiger partial charge is 0.247 e. The molecule has 0 atom stereocenters. The Bertz CT molecular complexity index is 1310. The molecule has 9 nitrogen and oxygen atoms in total. The number of aliphatic hydroxyl groups excluding tert-OH is 1. The van der Waals surface area contributed by atoms with Crippen LogP contribution in [0.25, 0.3) is 22.6 Å². The van der Waals surface area contributed by atoms with Crippen molar-refractivity contribution in [2.75, 3.05) is 23.4 Å². The Balaban J connectivity index is 1.57. The summed E-state index contributed by atoms with van der Waals surface area (Å²) < 4.78 is 2.09. The molecule has 1 aromatic carbocycles. The van der Waals surface area contributed by atoms with Crippen LogP contribution < -0.4 is 10.3 Å². The van der Waals surface area contributed by atoms with Crippen LogP contribution in [0.15, 0.2) is 53.9 Å². The highest BCUT2D eigenvalue weighted by molar-refractivity contribution is 5.88. The van der Waals surface area contributed by atoms with Crippen molar-refractivity contribution in [1.82, 2.24) is 24.5 Å². The molecule has 1 aliphatic rings. The van der Waals surface area contributed by atoms with Gasteiger partial charge in [-0.2, -0.15) is 15.1 Å². The third-order valence-electron chi connectivity index (χ3n) is 6.02. The van der Waals surface area contributed by atoms with Crippen molar-refractivity contribution in [3.8, 4) is 11.4 Å². The van der Waals surface area contributed by atoms with Crippen LogP contribution in [0.2, 0.25) is 0 Å². The predicted octanol–water partition coefficient (Wildman–Crippen LogP) is 3.62. The second kappa shape index (κ2) is 9.56. The molecule has 4 aromatic rings. The summed E-state index contributed by atoms with van der Waals surface area (Å²) in [7, 11) is 0. The van der Waals surface area contributed by atoms with E-state index in [-0.39, 0.29) is 6.10 Å². The van der Waals surface area contributed by atoms with Crippen molar-refractivity contribution in [3.63, 3.8) is 0 Å². The number of pyridine rings is 1. The quantitative estimate of drug-likeness (QED) is 0.337. The molecule has 1 aliphatic heterocycles. The van der Waals surface area contributed by atoms with Gasteiger partial charge in [0.25, 0.3) is 0 Å². The van der Waals surface area contributed by atoms with Crippen LogP contribution in [0.3, 0.4) is 0 Å². The van der Waals surface area contributed by atoms with Crippen LogP contribution >= 0.6 is 0 Å². The molecule has 174 valence electrons. The van der Waals surface area contributed by atoms with Gasteiger partial charge >= 0.3 is 0 Å². The number of imidazole rings is 1. The van der Waals surface area contributed by atoms with Gasteiger partial charge in [0.1, 0.15) is 5.82 Å². The van der Waals surface area contributed by atoms with E-state index in [4.69, 9.17) is 15.0 Å². The van der Waals surface area contributed by atoms with E-state index in [0.29, 0.717) is 38.4 Å². The first-order valence-electron chi connectivity index (χ1n) is 11.6. The summed E-state index contributed by atoms with van der Waals surface area (Å²) in [6, 6.07) is 12.0. The number of hydrogen-bond acceptors (Lipinski definition) is 8. The average molecular weight is 457 g/mol. The number of piperidine rings is 1. The van der Waals surface area contributed by atoms with Gasteiger partial charge in [-0.25, -0.2) is 10.4 Å². The minimum Gasteiger partial charge on any atom is -0.393 e. The summed E-state index contributed by atoms with van der Waals surface area (Å²) in [6.45, 7) is 6.25. The molecule has 0 aliphatic carbocycles. The molecular formula is C25H28N8O. The standard InChI is InChI=1S/C25H28N8O/c1-3-33-22(19-7-11-26-12-8-19)28-21-23(32-13-9-20(34)10-14-32)29-25(30-24(21)33)31-27-16-18-6-4-5-17(2)15-18/h4-8,11-12,15-16,20,34H,3,9-10,13-14H2,1-2H3,(H,29,30,31)/b27-16+. The molecule has 0 unspecified atom stereocenters. The van der Waals surface area contributed by atoms with Gasteiger partial charge in [-0.3, -0.25) is 4.98 Å². The SMILES string of the molecule is CCn1c(-c2ccncc2)nc2c(N3CCC(O)CC3)nc(N/N=C/c3cccc(C)c3)nc21. The lowest BCUT2D eigenvalue weighted by Gasteiger charge is -2.30. The molecule has 3 aromatic heterocycles. The van der Waals surface area contributed by atoms with Gasteiger partial charge in [-0.05, 0) is 44.4 Å². The summed E-state index contributed by atoms with van der Waals surface area (Å²) in [4.78, 5) is 20.9. The maximum Gasteiger partial charge on any atom is 0.247 e. The average Bonchev–Trinajstić information content (AvgIpc) is 3.23. The van der Waals surface area contributed by atoms with E-state index in [1.54, 1.807) is 18.6 Å². The summed E-state index contributed by atoms with van der Waals surface area (Å²) in [6.07, 6.45) is 6.42. The Morgan fingerprint density at radius 2 is 1.91 bits per heavy atom. The first-order valence-corrected chi connectivity index (χ1v) is 11.6. The first kappa shape index (κ1) is 22.0. The number of fused-ring (bicyclic) bond motifs is 1. The molecule has 4 heterocycles. The topological polar surface area (TPSA) is 104 Å². The Hall–Kier alpha value is -3.85. The highest BCUT2D eigenvalue weighted by Gasteiger charge is 2.25. The Kier molecular flexibility index (Phi) is 6.18. The maximum atomic E-state index is 10.0.